The maximum absolute atomic E-state index is 12.9. The Kier molecular flexibility index (Phi) is 9.91. The van der Waals surface area contributed by atoms with Gasteiger partial charge < -0.3 is 19.5 Å². The second kappa shape index (κ2) is 13.8. The molecule has 0 aromatic heterocycles. The lowest BCUT2D eigenvalue weighted by molar-refractivity contribution is -0.112. The zero-order valence-corrected chi connectivity index (χ0v) is 24.3. The van der Waals surface area contributed by atoms with Crippen molar-refractivity contribution in [3.05, 3.63) is 122 Å². The van der Waals surface area contributed by atoms with Crippen LogP contribution in [0.1, 0.15) is 27.8 Å². The topological polar surface area (TPSA) is 80.6 Å². The number of aryl methyl sites for hydroxylation is 2. The highest BCUT2D eigenvalue weighted by Crippen LogP contribution is 2.37. The Labute approximate surface area is 249 Å². The molecule has 0 aliphatic rings. The van der Waals surface area contributed by atoms with Gasteiger partial charge in [-0.15, -0.1) is 0 Å². The number of nitrogens with one attached hydrogen (secondary N) is 1. The molecule has 0 spiro atoms. The van der Waals surface area contributed by atoms with Crippen molar-refractivity contribution in [1.29, 1.82) is 5.26 Å². The zero-order chi connectivity index (χ0) is 29.4. The van der Waals surface area contributed by atoms with Crippen molar-refractivity contribution in [3.63, 3.8) is 0 Å². The largest absolute Gasteiger partial charge is 0.493 e. The molecule has 0 unspecified atom stereocenters. The lowest BCUT2D eigenvalue weighted by Gasteiger charge is -2.14. The molecule has 6 nitrogen and oxygen atoms in total. The summed E-state index contributed by atoms with van der Waals surface area (Å²) in [6.07, 6.45) is 1.44. The van der Waals surface area contributed by atoms with Crippen LogP contribution in [-0.2, 0) is 18.0 Å². The van der Waals surface area contributed by atoms with E-state index in [0.29, 0.717) is 51.8 Å². The van der Waals surface area contributed by atoms with Gasteiger partial charge >= 0.3 is 0 Å². The van der Waals surface area contributed by atoms with E-state index in [2.05, 4.69) is 18.3 Å². The van der Waals surface area contributed by atoms with Crippen LogP contribution in [0.25, 0.3) is 6.08 Å². The number of anilines is 1. The van der Waals surface area contributed by atoms with Gasteiger partial charge in [0, 0.05) is 10.7 Å². The van der Waals surface area contributed by atoms with E-state index in [1.807, 2.05) is 37.3 Å². The second-order valence-corrected chi connectivity index (χ2v) is 10.1. The Hall–Kier alpha value is -4.44. The number of nitrogens with zero attached hydrogens (tertiary/aromatic N) is 1. The lowest BCUT2D eigenvalue weighted by Crippen LogP contribution is -2.13. The summed E-state index contributed by atoms with van der Waals surface area (Å²) in [5.74, 6) is 0.841. The van der Waals surface area contributed by atoms with Crippen molar-refractivity contribution >= 4 is 40.9 Å². The highest BCUT2D eigenvalue weighted by molar-refractivity contribution is 6.32. The van der Waals surface area contributed by atoms with E-state index >= 15 is 0 Å². The molecule has 0 atom stereocenters. The molecule has 208 valence electrons. The molecule has 0 saturated heterocycles. The van der Waals surface area contributed by atoms with Crippen LogP contribution in [0.5, 0.6) is 17.2 Å². The Morgan fingerprint density at radius 1 is 0.878 bits per heavy atom. The number of halogens is 2. The Morgan fingerprint density at radius 2 is 1.56 bits per heavy atom. The van der Waals surface area contributed by atoms with Crippen LogP contribution in [0.3, 0.4) is 0 Å². The molecule has 0 aliphatic carbocycles. The Balaban J connectivity index is 1.41. The number of hydrogen-bond donors (Lipinski definition) is 1. The van der Waals surface area contributed by atoms with Crippen LogP contribution < -0.4 is 19.5 Å². The first-order valence-electron chi connectivity index (χ1n) is 12.7. The molecule has 0 saturated carbocycles. The molecule has 1 N–H and O–H groups in total. The monoisotopic (exact) mass is 586 g/mol. The second-order valence-electron chi connectivity index (χ2n) is 9.30. The molecule has 0 fully saturated rings. The third-order valence-corrected chi connectivity index (χ3v) is 6.85. The summed E-state index contributed by atoms with van der Waals surface area (Å²) in [5, 5.41) is 13.4. The minimum absolute atomic E-state index is 0.102. The first-order chi connectivity index (χ1) is 19.7. The quantitative estimate of drug-likeness (QED) is 0.149. The number of benzene rings is 4. The molecular formula is C33H28Cl2N2O4. The number of amides is 1. The fourth-order valence-corrected chi connectivity index (χ4v) is 4.31. The maximum Gasteiger partial charge on any atom is 0.266 e. The van der Waals surface area contributed by atoms with Crippen molar-refractivity contribution in [2.45, 2.75) is 27.1 Å². The number of carbonyl (C=O) groups excluding carboxylic acids is 1. The smallest absolute Gasteiger partial charge is 0.266 e. The molecule has 41 heavy (non-hydrogen) atoms. The first-order valence-corrected chi connectivity index (χ1v) is 13.5. The summed E-state index contributed by atoms with van der Waals surface area (Å²) in [7, 11) is 1.50. The number of hydrogen-bond acceptors (Lipinski definition) is 5. The molecule has 0 aliphatic heterocycles. The molecular weight excluding hydrogens is 559 g/mol. The first kappa shape index (κ1) is 29.5. The minimum Gasteiger partial charge on any atom is -0.493 e. The van der Waals surface area contributed by atoms with Gasteiger partial charge in [-0.1, -0.05) is 53.5 Å². The van der Waals surface area contributed by atoms with Crippen LogP contribution in [0.4, 0.5) is 5.69 Å². The van der Waals surface area contributed by atoms with Gasteiger partial charge in [0.1, 0.15) is 30.6 Å². The molecule has 0 radical (unpaired) electrons. The number of methoxy groups -OCH3 is 1. The van der Waals surface area contributed by atoms with E-state index in [1.165, 1.54) is 24.3 Å². The van der Waals surface area contributed by atoms with Gasteiger partial charge in [0.15, 0.2) is 11.5 Å². The Bertz CT molecular complexity index is 1610. The van der Waals surface area contributed by atoms with Crippen molar-refractivity contribution in [2.75, 3.05) is 12.4 Å². The zero-order valence-electron chi connectivity index (χ0n) is 22.8. The predicted molar refractivity (Wildman–Crippen MR) is 163 cm³/mol. The summed E-state index contributed by atoms with van der Waals surface area (Å²) in [5.41, 5.74) is 5.28. The van der Waals surface area contributed by atoms with Gasteiger partial charge in [0.2, 0.25) is 0 Å². The fourth-order valence-electron chi connectivity index (χ4n) is 3.91. The summed E-state index contributed by atoms with van der Waals surface area (Å²) in [6, 6.07) is 25.6. The number of rotatable bonds is 10. The van der Waals surface area contributed by atoms with E-state index in [9.17, 15) is 10.1 Å². The van der Waals surface area contributed by atoms with Crippen molar-refractivity contribution in [3.8, 4) is 23.3 Å². The summed E-state index contributed by atoms with van der Waals surface area (Å²) >= 11 is 12.4. The molecule has 0 bridgehead atoms. The van der Waals surface area contributed by atoms with Gasteiger partial charge in [0.25, 0.3) is 5.91 Å². The van der Waals surface area contributed by atoms with Crippen LogP contribution in [0.15, 0.2) is 84.4 Å². The highest BCUT2D eigenvalue weighted by Gasteiger charge is 2.15. The summed E-state index contributed by atoms with van der Waals surface area (Å²) in [4.78, 5) is 12.9. The SMILES string of the molecule is COc1cc(/C=C(\C#N)C(=O)Nc2ccc(OCc3ccc(Cl)cc3)cc2)cc(Cl)c1OCc1ccc(C)c(C)c1. The molecule has 4 aromatic carbocycles. The molecule has 4 aromatic rings. The van der Waals surface area contributed by atoms with E-state index in [-0.39, 0.29) is 5.57 Å². The highest BCUT2D eigenvalue weighted by atomic mass is 35.5. The van der Waals surface area contributed by atoms with Gasteiger partial charge in [-0.3, -0.25) is 4.79 Å². The van der Waals surface area contributed by atoms with Crippen molar-refractivity contribution in [2.24, 2.45) is 0 Å². The molecule has 1 amide bonds. The van der Waals surface area contributed by atoms with Gasteiger partial charge in [-0.05, 0) is 96.3 Å². The standard InChI is InChI=1S/C33H28Cl2N2O4/c1-21-4-5-24(14-22(21)2)20-41-32-30(35)16-25(17-31(32)39-3)15-26(18-36)33(38)37-28-10-12-29(13-11-28)40-19-23-6-8-27(34)9-7-23/h4-17H,19-20H2,1-3H3,(H,37,38)/b26-15+. The van der Waals surface area contributed by atoms with Gasteiger partial charge in [-0.2, -0.15) is 5.26 Å². The molecule has 8 heteroatoms. The van der Waals surface area contributed by atoms with Crippen LogP contribution in [0, 0.1) is 25.2 Å². The third-order valence-electron chi connectivity index (χ3n) is 6.31. The average molecular weight is 588 g/mol. The van der Waals surface area contributed by atoms with Gasteiger partial charge in [0.05, 0.1) is 12.1 Å². The summed E-state index contributed by atoms with van der Waals surface area (Å²) < 4.78 is 17.2. The number of nitriles is 1. The van der Waals surface area contributed by atoms with Crippen molar-refractivity contribution < 1.29 is 19.0 Å². The summed E-state index contributed by atoms with van der Waals surface area (Å²) in [6.45, 7) is 4.79. The lowest BCUT2D eigenvalue weighted by atomic mass is 10.1. The van der Waals surface area contributed by atoms with Gasteiger partial charge in [-0.25, -0.2) is 0 Å². The van der Waals surface area contributed by atoms with E-state index < -0.39 is 5.91 Å². The van der Waals surface area contributed by atoms with Crippen LogP contribution >= 0.6 is 23.2 Å². The fraction of sp³-hybridized carbons (Fsp3) is 0.152. The van der Waals surface area contributed by atoms with E-state index in [4.69, 9.17) is 37.4 Å². The average Bonchev–Trinajstić information content (AvgIpc) is 2.97. The molecule has 0 heterocycles. The predicted octanol–water partition coefficient (Wildman–Crippen LogP) is 8.32. The minimum atomic E-state index is -0.563. The van der Waals surface area contributed by atoms with Crippen LogP contribution in [0.2, 0.25) is 10.0 Å². The maximum atomic E-state index is 12.9. The number of carbonyl (C=O) groups is 1. The number of ether oxygens (including phenoxy) is 3. The normalized spacial score (nSPS) is 11.0. The van der Waals surface area contributed by atoms with E-state index in [0.717, 1.165) is 11.1 Å². The van der Waals surface area contributed by atoms with E-state index in [1.54, 1.807) is 48.5 Å². The molecule has 4 rings (SSSR count). The van der Waals surface area contributed by atoms with Crippen LogP contribution in [-0.4, -0.2) is 13.0 Å². The van der Waals surface area contributed by atoms with Crippen molar-refractivity contribution in [1.82, 2.24) is 0 Å². The third kappa shape index (κ3) is 8.04. The Morgan fingerprint density at radius 3 is 2.22 bits per heavy atom.